The van der Waals surface area contributed by atoms with Gasteiger partial charge in [0.1, 0.15) is 0 Å². The van der Waals surface area contributed by atoms with Crippen molar-refractivity contribution in [1.29, 1.82) is 0 Å². The van der Waals surface area contributed by atoms with Crippen LogP contribution in [-0.2, 0) is 9.53 Å². The Morgan fingerprint density at radius 2 is 2.00 bits per heavy atom. The molecule has 0 spiro atoms. The lowest BCUT2D eigenvalue weighted by atomic mass is 10.0. The average Bonchev–Trinajstić information content (AvgIpc) is 2.15. The number of rotatable bonds is 7. The highest BCUT2D eigenvalue weighted by molar-refractivity contribution is 5.71. The van der Waals surface area contributed by atoms with Crippen LogP contribution in [0, 0.1) is 5.92 Å². The summed E-state index contributed by atoms with van der Waals surface area (Å²) in [6, 6.07) is 0.262. The second-order valence-corrected chi connectivity index (χ2v) is 4.15. The normalized spacial score (nSPS) is 16.9. The first-order chi connectivity index (χ1) is 6.97. The summed E-state index contributed by atoms with van der Waals surface area (Å²) >= 11 is 0. The van der Waals surface area contributed by atoms with E-state index < -0.39 is 0 Å². The summed E-state index contributed by atoms with van der Waals surface area (Å²) in [4.78, 5) is 11.1. The van der Waals surface area contributed by atoms with E-state index in [0.29, 0.717) is 0 Å². The van der Waals surface area contributed by atoms with Crippen LogP contribution in [0.25, 0.3) is 0 Å². The molecule has 0 aromatic carbocycles. The fraction of sp³-hybridized carbons (Fsp3) is 0.909. The van der Waals surface area contributed by atoms with E-state index in [1.54, 1.807) is 6.92 Å². The van der Waals surface area contributed by atoms with Crippen molar-refractivity contribution >= 4 is 5.97 Å². The Labute approximate surface area is 92.0 Å². The molecule has 0 bridgehead atoms. The van der Waals surface area contributed by atoms with Gasteiger partial charge in [-0.25, -0.2) is 0 Å². The molecular weight excluding hydrogens is 194 g/mol. The van der Waals surface area contributed by atoms with Gasteiger partial charge in [-0.1, -0.05) is 6.92 Å². The molecule has 0 aliphatic heterocycles. The van der Waals surface area contributed by atoms with Crippen LogP contribution in [0.15, 0.2) is 0 Å². The zero-order valence-corrected chi connectivity index (χ0v) is 10.1. The number of hydrogen-bond donors (Lipinski definition) is 2. The van der Waals surface area contributed by atoms with Crippen LogP contribution in [0.5, 0.6) is 0 Å². The summed E-state index contributed by atoms with van der Waals surface area (Å²) in [6.45, 7) is 6.43. The summed E-state index contributed by atoms with van der Waals surface area (Å²) in [5.74, 6) is -0.247. The highest BCUT2D eigenvalue weighted by Gasteiger charge is 2.16. The number of hydrogen-bond acceptors (Lipinski definition) is 4. The van der Waals surface area contributed by atoms with E-state index in [2.05, 4.69) is 10.1 Å². The van der Waals surface area contributed by atoms with E-state index in [-0.39, 0.29) is 24.0 Å². The predicted molar refractivity (Wildman–Crippen MR) is 59.6 cm³/mol. The largest absolute Gasteiger partial charge is 0.469 e. The molecular formula is C11H23NO3. The molecule has 0 rings (SSSR count). The van der Waals surface area contributed by atoms with Gasteiger partial charge in [0.15, 0.2) is 0 Å². The smallest absolute Gasteiger partial charge is 0.308 e. The number of aliphatic hydroxyl groups is 1. The van der Waals surface area contributed by atoms with Crippen molar-refractivity contribution < 1.29 is 14.6 Å². The van der Waals surface area contributed by atoms with E-state index in [4.69, 9.17) is 5.11 Å². The van der Waals surface area contributed by atoms with Crippen molar-refractivity contribution in [2.75, 3.05) is 13.7 Å². The second kappa shape index (κ2) is 7.65. The molecule has 0 aromatic rings. The van der Waals surface area contributed by atoms with Crippen LogP contribution in [0.2, 0.25) is 0 Å². The maximum Gasteiger partial charge on any atom is 0.308 e. The fourth-order valence-electron chi connectivity index (χ4n) is 1.45. The topological polar surface area (TPSA) is 58.6 Å². The molecule has 90 valence electrons. The average molecular weight is 217 g/mol. The van der Waals surface area contributed by atoms with Crippen molar-refractivity contribution in [3.05, 3.63) is 0 Å². The third-order valence-corrected chi connectivity index (χ3v) is 2.37. The van der Waals surface area contributed by atoms with Crippen LogP contribution in [0.3, 0.4) is 0 Å². The Balaban J connectivity index is 3.64. The van der Waals surface area contributed by atoms with Crippen molar-refractivity contribution in [2.45, 2.75) is 45.8 Å². The van der Waals surface area contributed by atoms with Gasteiger partial charge in [-0.05, 0) is 33.2 Å². The molecule has 3 unspecified atom stereocenters. The van der Waals surface area contributed by atoms with E-state index in [1.807, 2.05) is 13.8 Å². The monoisotopic (exact) mass is 217 g/mol. The molecule has 0 saturated carbocycles. The fourth-order valence-corrected chi connectivity index (χ4v) is 1.45. The SMILES string of the molecule is COC(=O)C(C)CC(C)NCCC(C)O. The lowest BCUT2D eigenvalue weighted by molar-refractivity contribution is -0.145. The number of nitrogens with one attached hydrogen (secondary N) is 1. The molecule has 0 amide bonds. The molecule has 3 atom stereocenters. The van der Waals surface area contributed by atoms with E-state index in [0.717, 1.165) is 19.4 Å². The third kappa shape index (κ3) is 7.33. The number of ether oxygens (including phenoxy) is 1. The van der Waals surface area contributed by atoms with Crippen LogP contribution in [0.1, 0.15) is 33.6 Å². The van der Waals surface area contributed by atoms with Crippen molar-refractivity contribution in [2.24, 2.45) is 5.92 Å². The molecule has 0 aliphatic rings. The van der Waals surface area contributed by atoms with Gasteiger partial charge in [-0.15, -0.1) is 0 Å². The summed E-state index contributed by atoms with van der Waals surface area (Å²) < 4.78 is 4.65. The lowest BCUT2D eigenvalue weighted by Crippen LogP contribution is -2.32. The Hall–Kier alpha value is -0.610. The zero-order chi connectivity index (χ0) is 11.8. The van der Waals surface area contributed by atoms with Gasteiger partial charge >= 0.3 is 5.97 Å². The minimum absolute atomic E-state index is 0.0796. The molecule has 0 fully saturated rings. The molecule has 0 heterocycles. The maximum absolute atomic E-state index is 11.1. The van der Waals surface area contributed by atoms with Gasteiger partial charge in [-0.3, -0.25) is 4.79 Å². The quantitative estimate of drug-likeness (QED) is 0.623. The summed E-state index contributed by atoms with van der Waals surface area (Å²) in [7, 11) is 1.41. The molecule has 0 saturated heterocycles. The van der Waals surface area contributed by atoms with E-state index >= 15 is 0 Å². The summed E-state index contributed by atoms with van der Waals surface area (Å²) in [6.07, 6.45) is 1.21. The summed E-state index contributed by atoms with van der Waals surface area (Å²) in [5, 5.41) is 12.3. The zero-order valence-electron chi connectivity index (χ0n) is 10.1. The van der Waals surface area contributed by atoms with Crippen molar-refractivity contribution in [1.82, 2.24) is 5.32 Å². The first kappa shape index (κ1) is 14.4. The van der Waals surface area contributed by atoms with Gasteiger partial charge in [-0.2, -0.15) is 0 Å². The van der Waals surface area contributed by atoms with E-state index in [1.165, 1.54) is 7.11 Å². The van der Waals surface area contributed by atoms with Gasteiger partial charge in [0.2, 0.25) is 0 Å². The maximum atomic E-state index is 11.1. The van der Waals surface area contributed by atoms with Crippen LogP contribution in [-0.4, -0.2) is 36.9 Å². The Bertz CT molecular complexity index is 183. The van der Waals surface area contributed by atoms with E-state index in [9.17, 15) is 4.79 Å². The van der Waals surface area contributed by atoms with Crippen LogP contribution in [0.4, 0.5) is 0 Å². The number of esters is 1. The predicted octanol–water partition coefficient (Wildman–Crippen LogP) is 0.935. The molecule has 0 aliphatic carbocycles. The summed E-state index contributed by atoms with van der Waals surface area (Å²) in [5.41, 5.74) is 0. The molecule has 4 nitrogen and oxygen atoms in total. The number of aliphatic hydroxyl groups excluding tert-OH is 1. The van der Waals surface area contributed by atoms with Crippen LogP contribution >= 0.6 is 0 Å². The Morgan fingerprint density at radius 1 is 1.40 bits per heavy atom. The Kier molecular flexibility index (Phi) is 7.34. The minimum atomic E-state index is -0.275. The van der Waals surface area contributed by atoms with Crippen molar-refractivity contribution in [3.63, 3.8) is 0 Å². The van der Waals surface area contributed by atoms with Gasteiger partial charge in [0.25, 0.3) is 0 Å². The highest BCUT2D eigenvalue weighted by Crippen LogP contribution is 2.07. The van der Waals surface area contributed by atoms with Gasteiger partial charge in [0.05, 0.1) is 19.1 Å². The third-order valence-electron chi connectivity index (χ3n) is 2.37. The van der Waals surface area contributed by atoms with Crippen molar-refractivity contribution in [3.8, 4) is 0 Å². The molecule has 0 aromatic heterocycles. The van der Waals surface area contributed by atoms with Crippen LogP contribution < -0.4 is 5.32 Å². The minimum Gasteiger partial charge on any atom is -0.469 e. The number of methoxy groups -OCH3 is 1. The molecule has 4 heteroatoms. The van der Waals surface area contributed by atoms with Gasteiger partial charge < -0.3 is 15.2 Å². The molecule has 15 heavy (non-hydrogen) atoms. The molecule has 2 N–H and O–H groups in total. The Morgan fingerprint density at radius 3 is 2.47 bits per heavy atom. The number of carbonyl (C=O) groups is 1. The van der Waals surface area contributed by atoms with Gasteiger partial charge in [0, 0.05) is 6.04 Å². The highest BCUT2D eigenvalue weighted by atomic mass is 16.5. The first-order valence-corrected chi connectivity index (χ1v) is 5.46. The first-order valence-electron chi connectivity index (χ1n) is 5.46. The lowest BCUT2D eigenvalue weighted by Gasteiger charge is -2.17. The standard InChI is InChI=1S/C11H23NO3/c1-8(11(14)15-4)7-9(2)12-6-5-10(3)13/h8-10,12-13H,5-7H2,1-4H3. The second-order valence-electron chi connectivity index (χ2n) is 4.15. The molecule has 0 radical (unpaired) electrons. The number of carbonyl (C=O) groups excluding carboxylic acids is 1.